The summed E-state index contributed by atoms with van der Waals surface area (Å²) in [5.74, 6) is -0.207. The lowest BCUT2D eigenvalue weighted by atomic mass is 10.1. The van der Waals surface area contributed by atoms with Crippen molar-refractivity contribution in [2.75, 3.05) is 0 Å². The number of nitrogens with zero attached hydrogens (tertiary/aromatic N) is 2. The van der Waals surface area contributed by atoms with E-state index in [-0.39, 0.29) is 11.9 Å². The van der Waals surface area contributed by atoms with Crippen molar-refractivity contribution >= 4 is 5.65 Å². The van der Waals surface area contributed by atoms with Gasteiger partial charge >= 0.3 is 0 Å². The van der Waals surface area contributed by atoms with E-state index < -0.39 is 0 Å². The van der Waals surface area contributed by atoms with Crippen LogP contribution in [0.3, 0.4) is 0 Å². The number of aromatic nitrogens is 2. The van der Waals surface area contributed by atoms with Gasteiger partial charge in [0.05, 0.1) is 5.69 Å². The summed E-state index contributed by atoms with van der Waals surface area (Å²) in [6, 6.07) is 12.8. The highest BCUT2D eigenvalue weighted by Gasteiger charge is 2.07. The Hall–Kier alpha value is -2.20. The van der Waals surface area contributed by atoms with E-state index in [4.69, 9.17) is 0 Å². The highest BCUT2D eigenvalue weighted by Crippen LogP contribution is 2.14. The Morgan fingerprint density at radius 1 is 1.19 bits per heavy atom. The highest BCUT2D eigenvalue weighted by molar-refractivity contribution is 5.41. The smallest absolute Gasteiger partial charge is 0.137 e. The number of pyridine rings is 1. The van der Waals surface area contributed by atoms with E-state index in [9.17, 15) is 4.39 Å². The van der Waals surface area contributed by atoms with E-state index in [1.165, 1.54) is 12.1 Å². The Labute approximate surface area is 123 Å². The maximum atomic E-state index is 12.9. The van der Waals surface area contributed by atoms with Crippen molar-refractivity contribution in [2.45, 2.75) is 26.4 Å². The summed E-state index contributed by atoms with van der Waals surface area (Å²) in [7, 11) is 0. The zero-order chi connectivity index (χ0) is 14.8. The summed E-state index contributed by atoms with van der Waals surface area (Å²) >= 11 is 0. The van der Waals surface area contributed by atoms with Crippen LogP contribution in [-0.2, 0) is 6.54 Å². The SMILES string of the molecule is Cc1cccc2nc(CN[C@H](C)c3ccc(F)cc3)cn12. The lowest BCUT2D eigenvalue weighted by molar-refractivity contribution is 0.566. The standard InChI is InChI=1S/C17H18FN3/c1-12-4-3-5-17-20-16(11-21(12)17)10-19-13(2)14-6-8-15(18)9-7-14/h3-9,11,13,19H,10H2,1-2H3/t13-/m1/s1. The van der Waals surface area contributed by atoms with Gasteiger partial charge in [-0.15, -0.1) is 0 Å². The van der Waals surface area contributed by atoms with Gasteiger partial charge < -0.3 is 9.72 Å². The Morgan fingerprint density at radius 2 is 1.95 bits per heavy atom. The molecule has 3 aromatic rings. The lowest BCUT2D eigenvalue weighted by Crippen LogP contribution is -2.18. The number of imidazole rings is 1. The number of nitrogens with one attached hydrogen (secondary N) is 1. The van der Waals surface area contributed by atoms with Crippen molar-refractivity contribution < 1.29 is 4.39 Å². The average molecular weight is 283 g/mol. The summed E-state index contributed by atoms with van der Waals surface area (Å²) in [5.41, 5.74) is 4.19. The van der Waals surface area contributed by atoms with Crippen molar-refractivity contribution in [3.63, 3.8) is 0 Å². The van der Waals surface area contributed by atoms with Gasteiger partial charge in [0, 0.05) is 24.5 Å². The minimum absolute atomic E-state index is 0.150. The second kappa shape index (κ2) is 5.66. The maximum absolute atomic E-state index is 12.9. The van der Waals surface area contributed by atoms with Gasteiger partial charge in [-0.1, -0.05) is 18.2 Å². The predicted molar refractivity (Wildman–Crippen MR) is 81.6 cm³/mol. The van der Waals surface area contributed by atoms with E-state index in [1.807, 2.05) is 12.1 Å². The van der Waals surface area contributed by atoms with Gasteiger partial charge in [0.25, 0.3) is 0 Å². The monoisotopic (exact) mass is 283 g/mol. The minimum Gasteiger partial charge on any atom is -0.305 e. The highest BCUT2D eigenvalue weighted by atomic mass is 19.1. The number of halogens is 1. The molecule has 2 aromatic heterocycles. The van der Waals surface area contributed by atoms with Crippen LogP contribution in [0.1, 0.15) is 29.9 Å². The lowest BCUT2D eigenvalue weighted by Gasteiger charge is -2.13. The molecule has 21 heavy (non-hydrogen) atoms. The number of hydrogen-bond acceptors (Lipinski definition) is 2. The molecule has 3 nitrogen and oxygen atoms in total. The second-order valence-corrected chi connectivity index (χ2v) is 5.28. The fraction of sp³-hybridized carbons (Fsp3) is 0.235. The number of hydrogen-bond donors (Lipinski definition) is 1. The molecule has 1 aromatic carbocycles. The molecule has 4 heteroatoms. The first-order chi connectivity index (χ1) is 10.1. The van der Waals surface area contributed by atoms with Gasteiger partial charge in [0.1, 0.15) is 11.5 Å². The molecule has 108 valence electrons. The Morgan fingerprint density at radius 3 is 2.67 bits per heavy atom. The largest absolute Gasteiger partial charge is 0.305 e. The van der Waals surface area contributed by atoms with Crippen LogP contribution < -0.4 is 5.32 Å². The second-order valence-electron chi connectivity index (χ2n) is 5.28. The van der Waals surface area contributed by atoms with Crippen LogP contribution in [0.15, 0.2) is 48.7 Å². The van der Waals surface area contributed by atoms with E-state index in [2.05, 4.69) is 40.8 Å². The third kappa shape index (κ3) is 2.95. The summed E-state index contributed by atoms with van der Waals surface area (Å²) in [6.45, 7) is 4.81. The molecule has 0 amide bonds. The first-order valence-corrected chi connectivity index (χ1v) is 7.06. The van der Waals surface area contributed by atoms with Crippen LogP contribution in [0.5, 0.6) is 0 Å². The molecule has 0 spiro atoms. The van der Waals surface area contributed by atoms with E-state index >= 15 is 0 Å². The molecule has 0 saturated heterocycles. The summed E-state index contributed by atoms with van der Waals surface area (Å²) in [5, 5.41) is 3.42. The van der Waals surface area contributed by atoms with Gasteiger partial charge in [0.15, 0.2) is 0 Å². The van der Waals surface area contributed by atoms with Crippen molar-refractivity contribution in [1.29, 1.82) is 0 Å². The fourth-order valence-electron chi connectivity index (χ4n) is 2.41. The van der Waals surface area contributed by atoms with Gasteiger partial charge in [-0.05, 0) is 43.7 Å². The summed E-state index contributed by atoms with van der Waals surface area (Å²) in [6.07, 6.45) is 2.05. The quantitative estimate of drug-likeness (QED) is 0.792. The summed E-state index contributed by atoms with van der Waals surface area (Å²) in [4.78, 5) is 4.59. The molecule has 0 aliphatic carbocycles. The zero-order valence-corrected chi connectivity index (χ0v) is 12.2. The molecular weight excluding hydrogens is 265 g/mol. The molecule has 2 heterocycles. The molecule has 0 radical (unpaired) electrons. The van der Waals surface area contributed by atoms with E-state index in [0.29, 0.717) is 6.54 Å². The number of aryl methyl sites for hydroxylation is 1. The van der Waals surface area contributed by atoms with Crippen LogP contribution in [0.2, 0.25) is 0 Å². The number of benzene rings is 1. The van der Waals surface area contributed by atoms with Crippen LogP contribution >= 0.6 is 0 Å². The van der Waals surface area contributed by atoms with Gasteiger partial charge in [-0.3, -0.25) is 0 Å². The Kier molecular flexibility index (Phi) is 3.71. The molecular formula is C17H18FN3. The predicted octanol–water partition coefficient (Wildman–Crippen LogP) is 3.63. The fourth-order valence-corrected chi connectivity index (χ4v) is 2.41. The first-order valence-electron chi connectivity index (χ1n) is 7.06. The van der Waals surface area contributed by atoms with E-state index in [0.717, 1.165) is 22.6 Å². The zero-order valence-electron chi connectivity index (χ0n) is 12.2. The molecule has 0 bridgehead atoms. The van der Waals surface area contributed by atoms with Crippen molar-refractivity contribution in [2.24, 2.45) is 0 Å². The van der Waals surface area contributed by atoms with Crippen LogP contribution in [0, 0.1) is 12.7 Å². The molecule has 3 rings (SSSR count). The minimum atomic E-state index is -0.207. The molecule has 0 saturated carbocycles. The van der Waals surface area contributed by atoms with Gasteiger partial charge in [-0.25, -0.2) is 9.37 Å². The molecule has 1 N–H and O–H groups in total. The van der Waals surface area contributed by atoms with Crippen LogP contribution in [0.4, 0.5) is 4.39 Å². The maximum Gasteiger partial charge on any atom is 0.137 e. The molecule has 0 unspecified atom stereocenters. The topological polar surface area (TPSA) is 29.3 Å². The third-order valence-corrected chi connectivity index (χ3v) is 3.71. The third-order valence-electron chi connectivity index (χ3n) is 3.71. The average Bonchev–Trinajstić information content (AvgIpc) is 2.90. The molecule has 0 fully saturated rings. The summed E-state index contributed by atoms with van der Waals surface area (Å²) < 4.78 is 15.0. The number of fused-ring (bicyclic) bond motifs is 1. The van der Waals surface area contributed by atoms with Crippen LogP contribution in [0.25, 0.3) is 5.65 Å². The van der Waals surface area contributed by atoms with Gasteiger partial charge in [-0.2, -0.15) is 0 Å². The normalized spacial score (nSPS) is 12.7. The van der Waals surface area contributed by atoms with Crippen molar-refractivity contribution in [1.82, 2.24) is 14.7 Å². The Bertz CT molecular complexity index is 746. The first kappa shape index (κ1) is 13.8. The van der Waals surface area contributed by atoms with Crippen LogP contribution in [-0.4, -0.2) is 9.38 Å². The van der Waals surface area contributed by atoms with Crippen molar-refractivity contribution in [3.05, 3.63) is 71.4 Å². The number of rotatable bonds is 4. The molecule has 0 aliphatic heterocycles. The van der Waals surface area contributed by atoms with Crippen molar-refractivity contribution in [3.8, 4) is 0 Å². The molecule has 0 aliphatic rings. The van der Waals surface area contributed by atoms with Gasteiger partial charge in [0.2, 0.25) is 0 Å². The molecule has 1 atom stereocenters. The van der Waals surface area contributed by atoms with E-state index in [1.54, 1.807) is 12.1 Å². The Balaban J connectivity index is 1.71.